The number of nitriles is 2. The van der Waals surface area contributed by atoms with Crippen LogP contribution in [-0.2, 0) is 21.1 Å². The Morgan fingerprint density at radius 3 is 2.29 bits per heavy atom. The summed E-state index contributed by atoms with van der Waals surface area (Å²) in [5.41, 5.74) is 7.08. The summed E-state index contributed by atoms with van der Waals surface area (Å²) in [6.07, 6.45) is 2.92. The number of benzene rings is 1. The number of primary amides is 1. The van der Waals surface area contributed by atoms with Crippen LogP contribution in [0.3, 0.4) is 0 Å². The Labute approximate surface area is 184 Å². The number of sulfone groups is 1. The molecule has 8 nitrogen and oxygen atoms in total. The van der Waals surface area contributed by atoms with Crippen LogP contribution in [0.1, 0.15) is 34.4 Å². The van der Waals surface area contributed by atoms with Gasteiger partial charge in [-0.05, 0) is 17.5 Å². The molecule has 0 spiro atoms. The van der Waals surface area contributed by atoms with Gasteiger partial charge in [0.15, 0.2) is 15.7 Å². The van der Waals surface area contributed by atoms with E-state index >= 15 is 0 Å². The number of nitrogens with zero attached hydrogens (tertiary/aromatic N) is 4. The third kappa shape index (κ3) is 4.61. The van der Waals surface area contributed by atoms with E-state index in [9.17, 15) is 23.7 Å². The summed E-state index contributed by atoms with van der Waals surface area (Å²) in [6.45, 7) is 1.80. The van der Waals surface area contributed by atoms with Gasteiger partial charge in [-0.2, -0.15) is 10.5 Å². The Bertz CT molecular complexity index is 1250. The lowest BCUT2D eigenvalue weighted by atomic mass is 10.0. The highest BCUT2D eigenvalue weighted by atomic mass is 32.2. The number of rotatable bonds is 6. The van der Waals surface area contributed by atoms with Crippen LogP contribution in [0.5, 0.6) is 0 Å². The molecule has 0 fully saturated rings. The van der Waals surface area contributed by atoms with Crippen molar-refractivity contribution in [3.05, 3.63) is 75.8 Å². The summed E-state index contributed by atoms with van der Waals surface area (Å²) in [7, 11) is -3.48. The molecule has 1 aliphatic rings. The fraction of sp³-hybridized carbons (Fsp3) is 0.143. The van der Waals surface area contributed by atoms with Crippen molar-refractivity contribution in [2.45, 2.75) is 23.6 Å². The molecule has 3 rings (SSSR count). The summed E-state index contributed by atoms with van der Waals surface area (Å²) in [5.74, 6) is -0.436. The highest BCUT2D eigenvalue weighted by Crippen LogP contribution is 2.39. The van der Waals surface area contributed by atoms with E-state index in [1.54, 1.807) is 31.2 Å². The average Bonchev–Trinajstić information content (AvgIpc) is 2.76. The van der Waals surface area contributed by atoms with Gasteiger partial charge in [0.1, 0.15) is 22.4 Å². The lowest BCUT2D eigenvalue weighted by Gasteiger charge is -2.22. The maximum absolute atomic E-state index is 12.2. The van der Waals surface area contributed by atoms with Crippen LogP contribution >= 0.6 is 11.8 Å². The fourth-order valence-electron chi connectivity index (χ4n) is 3.02. The zero-order valence-electron chi connectivity index (χ0n) is 16.4. The topological polar surface area (TPSA) is 141 Å². The predicted octanol–water partition coefficient (Wildman–Crippen LogP) is 2.88. The van der Waals surface area contributed by atoms with Crippen LogP contribution in [0.15, 0.2) is 58.6 Å². The standard InChI is InChI=1S/C21H17N5O3S2/c1-2-15-16(12-22)20(26-8-10-31(28,29)11-9-26)25-21(17(15)13-23)30-18(19(24)27)14-6-4-3-5-7-14/h3-11,18H,2H2,1H3,(H2,24,27). The molecule has 0 saturated heterocycles. The first-order valence-electron chi connectivity index (χ1n) is 9.09. The van der Waals surface area contributed by atoms with Crippen LogP contribution in [0, 0.1) is 22.7 Å². The van der Waals surface area contributed by atoms with E-state index in [-0.39, 0.29) is 22.0 Å². The molecule has 1 aromatic carbocycles. The van der Waals surface area contributed by atoms with E-state index in [1.807, 2.05) is 6.07 Å². The quantitative estimate of drug-likeness (QED) is 0.661. The molecule has 2 aromatic rings. The van der Waals surface area contributed by atoms with Crippen molar-refractivity contribution in [3.63, 3.8) is 0 Å². The van der Waals surface area contributed by atoms with E-state index in [2.05, 4.69) is 17.1 Å². The van der Waals surface area contributed by atoms with Crippen LogP contribution < -0.4 is 10.6 Å². The molecular weight excluding hydrogens is 434 g/mol. The minimum Gasteiger partial charge on any atom is -0.368 e. The van der Waals surface area contributed by atoms with Gasteiger partial charge in [0.2, 0.25) is 5.91 Å². The van der Waals surface area contributed by atoms with Crippen molar-refractivity contribution in [1.29, 1.82) is 10.5 Å². The van der Waals surface area contributed by atoms with Crippen LogP contribution in [0.2, 0.25) is 0 Å². The number of aromatic nitrogens is 1. The second-order valence-electron chi connectivity index (χ2n) is 6.42. The maximum Gasteiger partial charge on any atom is 0.235 e. The summed E-state index contributed by atoms with van der Waals surface area (Å²) in [6, 6.07) is 13.0. The minimum absolute atomic E-state index is 0.160. The number of hydrogen-bond acceptors (Lipinski definition) is 8. The summed E-state index contributed by atoms with van der Waals surface area (Å²) < 4.78 is 23.3. The Morgan fingerprint density at radius 1 is 1.16 bits per heavy atom. The number of anilines is 1. The first kappa shape index (κ1) is 22.1. The van der Waals surface area contributed by atoms with E-state index in [0.29, 0.717) is 17.5 Å². The van der Waals surface area contributed by atoms with Crippen molar-refractivity contribution in [2.24, 2.45) is 5.73 Å². The van der Waals surface area contributed by atoms with E-state index in [0.717, 1.165) is 22.6 Å². The minimum atomic E-state index is -3.48. The van der Waals surface area contributed by atoms with Crippen molar-refractivity contribution in [1.82, 2.24) is 4.98 Å². The molecule has 0 radical (unpaired) electrons. The summed E-state index contributed by atoms with van der Waals surface area (Å²) >= 11 is 1.02. The second kappa shape index (κ2) is 9.04. The van der Waals surface area contributed by atoms with Crippen molar-refractivity contribution in [3.8, 4) is 12.1 Å². The van der Waals surface area contributed by atoms with E-state index in [1.165, 1.54) is 17.3 Å². The first-order chi connectivity index (χ1) is 14.8. The SMILES string of the molecule is CCc1c(C#N)c(SC(C(N)=O)c2ccccc2)nc(N2C=CS(=O)(=O)C=C2)c1C#N. The number of thioether (sulfide) groups is 1. The monoisotopic (exact) mass is 451 g/mol. The van der Waals surface area contributed by atoms with Gasteiger partial charge >= 0.3 is 0 Å². The van der Waals surface area contributed by atoms with Gasteiger partial charge in [0.05, 0.1) is 21.9 Å². The predicted molar refractivity (Wildman–Crippen MR) is 117 cm³/mol. The second-order valence-corrected chi connectivity index (χ2v) is 9.24. The van der Waals surface area contributed by atoms with Gasteiger partial charge in [-0.15, -0.1) is 0 Å². The molecule has 10 heteroatoms. The number of pyridine rings is 1. The van der Waals surface area contributed by atoms with Gasteiger partial charge in [0, 0.05) is 12.4 Å². The zero-order chi connectivity index (χ0) is 22.6. The molecule has 2 N–H and O–H groups in total. The van der Waals surface area contributed by atoms with Gasteiger partial charge in [-0.3, -0.25) is 4.79 Å². The Hall–Kier alpha value is -3.60. The molecule has 1 aromatic heterocycles. The first-order valence-corrected chi connectivity index (χ1v) is 11.6. The Kier molecular flexibility index (Phi) is 6.44. The molecule has 1 atom stereocenters. The van der Waals surface area contributed by atoms with Gasteiger partial charge in [-0.1, -0.05) is 49.0 Å². The highest BCUT2D eigenvalue weighted by molar-refractivity contribution is 8.00. The molecule has 1 aliphatic heterocycles. The van der Waals surface area contributed by atoms with Crippen LogP contribution in [0.25, 0.3) is 0 Å². The highest BCUT2D eigenvalue weighted by Gasteiger charge is 2.27. The van der Waals surface area contributed by atoms with Gasteiger partial charge in [-0.25, -0.2) is 13.4 Å². The number of carbonyl (C=O) groups is 1. The van der Waals surface area contributed by atoms with E-state index in [4.69, 9.17) is 5.73 Å². The molecule has 31 heavy (non-hydrogen) atoms. The molecule has 156 valence electrons. The summed E-state index contributed by atoms with van der Waals surface area (Å²) in [4.78, 5) is 18.1. The Morgan fingerprint density at radius 2 is 1.77 bits per heavy atom. The van der Waals surface area contributed by atoms with Crippen molar-refractivity contribution in [2.75, 3.05) is 4.90 Å². The molecule has 1 unspecified atom stereocenters. The molecule has 2 heterocycles. The third-order valence-electron chi connectivity index (χ3n) is 4.48. The molecule has 0 saturated carbocycles. The number of nitrogens with two attached hydrogens (primary N) is 1. The lowest BCUT2D eigenvalue weighted by Crippen LogP contribution is -2.20. The van der Waals surface area contributed by atoms with Gasteiger partial charge in [0.25, 0.3) is 0 Å². The van der Waals surface area contributed by atoms with Crippen molar-refractivity contribution >= 4 is 33.3 Å². The zero-order valence-corrected chi connectivity index (χ0v) is 18.0. The maximum atomic E-state index is 12.2. The number of hydrogen-bond donors (Lipinski definition) is 1. The molecule has 0 aliphatic carbocycles. The summed E-state index contributed by atoms with van der Waals surface area (Å²) in [5, 5.41) is 20.9. The smallest absolute Gasteiger partial charge is 0.235 e. The molecule has 0 bridgehead atoms. The number of amides is 1. The van der Waals surface area contributed by atoms with Gasteiger partial charge < -0.3 is 10.6 Å². The van der Waals surface area contributed by atoms with Crippen molar-refractivity contribution < 1.29 is 13.2 Å². The fourth-order valence-corrected chi connectivity index (χ4v) is 4.77. The molecular formula is C21H17N5O3S2. The van der Waals surface area contributed by atoms with Crippen LogP contribution in [0.4, 0.5) is 5.82 Å². The van der Waals surface area contributed by atoms with Crippen LogP contribution in [-0.4, -0.2) is 19.3 Å². The largest absolute Gasteiger partial charge is 0.368 e. The molecule has 1 amide bonds. The normalized spacial score (nSPS) is 15.1. The Balaban J connectivity index is 2.18. The van der Waals surface area contributed by atoms with E-state index < -0.39 is 21.0 Å². The average molecular weight is 452 g/mol. The number of carbonyl (C=O) groups excluding carboxylic acids is 1. The lowest BCUT2D eigenvalue weighted by molar-refractivity contribution is -0.117. The third-order valence-corrected chi connectivity index (χ3v) is 6.74.